The minimum absolute atomic E-state index is 0. The molecule has 0 aliphatic heterocycles. The van der Waals surface area contributed by atoms with Gasteiger partial charge in [0.05, 0.1) is 6.10 Å². The molecule has 0 heterocycles. The molecule has 15 heavy (non-hydrogen) atoms. The van der Waals surface area contributed by atoms with Crippen molar-refractivity contribution in [2.75, 3.05) is 6.61 Å². The highest BCUT2D eigenvalue weighted by Gasteiger charge is 2.01. The largest absolute Gasteiger partial charge is 0.491 e. The van der Waals surface area contributed by atoms with Crippen LogP contribution in [-0.2, 0) is 0 Å². The van der Waals surface area contributed by atoms with Crippen LogP contribution in [0.1, 0.15) is 14.4 Å². The molecule has 82 valence electrons. The number of hydrogen-bond donors (Lipinski definition) is 1. The van der Waals surface area contributed by atoms with Gasteiger partial charge in [0.1, 0.15) is 19.9 Å². The molecule has 1 N–H and O–H groups in total. The number of aliphatic hydroxyl groups excluding tert-OH is 1. The van der Waals surface area contributed by atoms with Gasteiger partial charge in [-0.15, -0.1) is 0 Å². The molecule has 1 rings (SSSR count). The van der Waals surface area contributed by atoms with Gasteiger partial charge in [-0.05, 0) is 24.4 Å². The molecule has 0 saturated heterocycles. The van der Waals surface area contributed by atoms with Crippen molar-refractivity contribution < 1.29 is 9.84 Å². The smallest absolute Gasteiger partial charge is 0.129 e. The molecule has 2 radical (unpaired) electrons. The average Bonchev–Trinajstić information content (AvgIpc) is 2.15. The van der Waals surface area contributed by atoms with Gasteiger partial charge in [-0.2, -0.15) is 0 Å². The first-order chi connectivity index (χ1) is 6.59. The molecular weight excluding hydrogens is 321 g/mol. The van der Waals surface area contributed by atoms with Gasteiger partial charge < -0.3 is 9.84 Å². The van der Waals surface area contributed by atoms with Crippen molar-refractivity contribution in [2.45, 2.75) is 20.5 Å². The van der Waals surface area contributed by atoms with Crippen LogP contribution >= 0.6 is 27.5 Å². The zero-order valence-corrected chi connectivity index (χ0v) is 10.9. The van der Waals surface area contributed by atoms with Crippen molar-refractivity contribution in [1.82, 2.24) is 0 Å². The molecule has 0 aromatic heterocycles. The lowest BCUT2D eigenvalue weighted by Gasteiger charge is -2.09. The Balaban J connectivity index is 0.00000196. The number of ether oxygens (including phenoxy) is 1. The third kappa shape index (κ3) is 5.74. The van der Waals surface area contributed by atoms with Gasteiger partial charge in [0, 0.05) is 0 Å². The van der Waals surface area contributed by atoms with Crippen LogP contribution in [0, 0.1) is 0 Å². The molecule has 2 nitrogen and oxygen atoms in total. The Morgan fingerprint density at radius 2 is 2.00 bits per heavy atom. The first-order valence-electron chi connectivity index (χ1n) is 4.21. The van der Waals surface area contributed by atoms with Gasteiger partial charge in [-0.3, -0.25) is 0 Å². The molecule has 0 amide bonds. The zero-order chi connectivity index (χ0) is 10.6. The maximum atomic E-state index is 9.01. The molecule has 2 unspecified atom stereocenters. The second-order valence-corrected chi connectivity index (χ2v) is 7.22. The van der Waals surface area contributed by atoms with E-state index in [1.165, 1.54) is 0 Å². The average molecular weight is 336 g/mol. The van der Waals surface area contributed by atoms with Gasteiger partial charge in [0.2, 0.25) is 0 Å². The fourth-order valence-corrected chi connectivity index (χ4v) is 2.30. The summed E-state index contributed by atoms with van der Waals surface area (Å²) in [6, 6.07) is 7.65. The molecule has 0 fully saturated rings. The minimum atomic E-state index is -0.565. The maximum absolute atomic E-state index is 9.01. The van der Waals surface area contributed by atoms with Crippen molar-refractivity contribution in [2.24, 2.45) is 0 Å². The van der Waals surface area contributed by atoms with Crippen molar-refractivity contribution >= 4 is 40.4 Å². The van der Waals surface area contributed by atoms with Crippen molar-refractivity contribution in [3.8, 4) is 5.75 Å². The first kappa shape index (κ1) is 15.2. The number of hydrogen-bond acceptors (Lipinski definition) is 2. The molecule has 5 heteroatoms. The van der Waals surface area contributed by atoms with Crippen LogP contribution in [0.4, 0.5) is 0 Å². The van der Waals surface area contributed by atoms with E-state index in [9.17, 15) is 0 Å². The number of aliphatic hydroxyl groups is 1. The van der Waals surface area contributed by atoms with Gasteiger partial charge in [-0.25, -0.2) is 0 Å². The summed E-state index contributed by atoms with van der Waals surface area (Å²) >= 11 is 2.21. The van der Waals surface area contributed by atoms with E-state index < -0.39 is 11.5 Å². The lowest BCUT2D eigenvalue weighted by molar-refractivity contribution is 0.123. The summed E-state index contributed by atoms with van der Waals surface area (Å²) in [5, 5.41) is 10.1. The fourth-order valence-electron chi connectivity index (χ4n) is 0.902. The number of rotatable bonds is 4. The highest BCUT2D eigenvalue weighted by atomic mass is 127. The molecule has 1 aromatic carbocycles. The Labute approximate surface area is 107 Å². The fraction of sp³-hybridized carbons (Fsp3) is 0.400. The standard InChI is InChI=1S/C9H11BIO2P.CH4/c1-7(12)6-13-8-2-4-9(5-3-8)14(10)11;/h2-5,7,12H,6H2,1H3;1H4. The van der Waals surface area contributed by atoms with Crippen LogP contribution < -0.4 is 10.0 Å². The van der Waals surface area contributed by atoms with Crippen LogP contribution in [0.3, 0.4) is 0 Å². The van der Waals surface area contributed by atoms with E-state index in [4.69, 9.17) is 17.4 Å². The van der Waals surface area contributed by atoms with Gasteiger partial charge >= 0.3 is 0 Å². The summed E-state index contributed by atoms with van der Waals surface area (Å²) in [5.41, 5.74) is -0.565. The Morgan fingerprint density at radius 3 is 2.40 bits per heavy atom. The van der Waals surface area contributed by atoms with Crippen LogP contribution in [0.25, 0.3) is 0 Å². The molecule has 0 bridgehead atoms. The topological polar surface area (TPSA) is 29.5 Å². The van der Waals surface area contributed by atoms with Crippen LogP contribution in [-0.4, -0.2) is 25.4 Å². The van der Waals surface area contributed by atoms with E-state index in [-0.39, 0.29) is 7.43 Å². The second-order valence-electron chi connectivity index (χ2n) is 2.97. The third-order valence-corrected chi connectivity index (χ3v) is 4.04. The monoisotopic (exact) mass is 336 g/mol. The SMILES string of the molecule is C.[B]P(I)c1ccc(OCC(C)O)cc1. The summed E-state index contributed by atoms with van der Waals surface area (Å²) in [6.45, 7) is 2.01. The van der Waals surface area contributed by atoms with Gasteiger partial charge in [-0.1, -0.05) is 47.0 Å². The Morgan fingerprint density at radius 1 is 1.47 bits per heavy atom. The van der Waals surface area contributed by atoms with Crippen LogP contribution in [0.15, 0.2) is 24.3 Å². The maximum Gasteiger partial charge on any atom is 0.129 e. The Kier molecular flexibility index (Phi) is 7.58. The molecule has 0 saturated carbocycles. The summed E-state index contributed by atoms with van der Waals surface area (Å²) in [7, 11) is 5.76. The second kappa shape index (κ2) is 7.47. The van der Waals surface area contributed by atoms with Crippen LogP contribution in [0.5, 0.6) is 5.75 Å². The Hall–Kier alpha value is 0.205. The van der Waals surface area contributed by atoms with E-state index in [1.807, 2.05) is 24.3 Å². The summed E-state index contributed by atoms with van der Waals surface area (Å²) < 4.78 is 5.32. The van der Waals surface area contributed by atoms with Crippen LogP contribution in [0.2, 0.25) is 0 Å². The number of benzene rings is 1. The summed E-state index contributed by atoms with van der Waals surface area (Å²) in [4.78, 5) is 0. The van der Waals surface area contributed by atoms with E-state index in [0.717, 1.165) is 11.1 Å². The zero-order valence-electron chi connectivity index (χ0n) is 7.85. The number of halogens is 1. The quantitative estimate of drug-likeness (QED) is 0.520. The lowest BCUT2D eigenvalue weighted by Crippen LogP contribution is -2.12. The third-order valence-electron chi connectivity index (χ3n) is 1.57. The summed E-state index contributed by atoms with van der Waals surface area (Å²) in [5.74, 6) is 0.767. The highest BCUT2D eigenvalue weighted by molar-refractivity contribution is 14.2. The van der Waals surface area contributed by atoms with Crippen molar-refractivity contribution in [3.63, 3.8) is 0 Å². The molecule has 2 atom stereocenters. The molecule has 0 spiro atoms. The van der Waals surface area contributed by atoms with E-state index in [1.54, 1.807) is 6.92 Å². The predicted octanol–water partition coefficient (Wildman–Crippen LogP) is 2.62. The minimum Gasteiger partial charge on any atom is -0.491 e. The van der Waals surface area contributed by atoms with Crippen molar-refractivity contribution in [3.05, 3.63) is 24.3 Å². The Bertz CT molecular complexity index is 277. The molecule has 0 aliphatic carbocycles. The normalized spacial score (nSPS) is 13.8. The van der Waals surface area contributed by atoms with E-state index in [2.05, 4.69) is 22.0 Å². The molecule has 1 aromatic rings. The highest BCUT2D eigenvalue weighted by Crippen LogP contribution is 2.37. The predicted molar refractivity (Wildman–Crippen MR) is 76.7 cm³/mol. The molecule has 0 aliphatic rings. The first-order valence-corrected chi connectivity index (χ1v) is 8.41. The van der Waals surface area contributed by atoms with E-state index >= 15 is 0 Å². The van der Waals surface area contributed by atoms with Crippen molar-refractivity contribution in [1.29, 1.82) is 0 Å². The van der Waals surface area contributed by atoms with E-state index in [0.29, 0.717) is 6.61 Å². The van der Waals surface area contributed by atoms with Gasteiger partial charge in [0.15, 0.2) is 0 Å². The van der Waals surface area contributed by atoms with Gasteiger partial charge in [0.25, 0.3) is 0 Å². The molecular formula is C10H15BIO2P. The summed E-state index contributed by atoms with van der Waals surface area (Å²) in [6.07, 6.45) is -0.439. The lowest BCUT2D eigenvalue weighted by atomic mass is 10.3.